The molecule has 0 aromatic heterocycles. The van der Waals surface area contributed by atoms with Gasteiger partial charge in [0.25, 0.3) is 0 Å². The van der Waals surface area contributed by atoms with Gasteiger partial charge >= 0.3 is 0 Å². The monoisotopic (exact) mass is 298 g/mol. The van der Waals surface area contributed by atoms with Crippen molar-refractivity contribution < 1.29 is 13.2 Å². The van der Waals surface area contributed by atoms with E-state index in [1.807, 2.05) is 20.8 Å². The van der Waals surface area contributed by atoms with Crippen LogP contribution in [-0.4, -0.2) is 14.3 Å². The molecule has 0 aliphatic carbocycles. The number of nitrogens with one attached hydrogen (secondary N) is 1. The van der Waals surface area contributed by atoms with E-state index in [9.17, 15) is 13.2 Å². The Morgan fingerprint density at radius 2 is 2.00 bits per heavy atom. The Morgan fingerprint density at radius 3 is 2.55 bits per heavy atom. The molecular formula is C14H22N2O3S. The third-order valence-corrected chi connectivity index (χ3v) is 4.13. The van der Waals surface area contributed by atoms with Gasteiger partial charge in [0, 0.05) is 5.92 Å². The minimum atomic E-state index is -3.72. The molecule has 1 aromatic rings. The molecule has 1 amide bonds. The number of nitrogens with two attached hydrogens (primary N) is 1. The zero-order chi connectivity index (χ0) is 15.3. The van der Waals surface area contributed by atoms with E-state index >= 15 is 0 Å². The Balaban J connectivity index is 2.83. The largest absolute Gasteiger partial charge is 0.349 e. The summed E-state index contributed by atoms with van der Waals surface area (Å²) in [5.41, 5.74) is 0.716. The van der Waals surface area contributed by atoms with Crippen LogP contribution in [0.2, 0.25) is 0 Å². The topological polar surface area (TPSA) is 89.3 Å². The molecule has 0 aliphatic heterocycles. The molecule has 2 atom stereocenters. The van der Waals surface area contributed by atoms with Crippen molar-refractivity contribution in [2.24, 2.45) is 11.1 Å². The van der Waals surface area contributed by atoms with Crippen LogP contribution in [0.1, 0.15) is 45.2 Å². The quantitative estimate of drug-likeness (QED) is 0.841. The Hall–Kier alpha value is -1.40. The minimum Gasteiger partial charge on any atom is -0.349 e. The summed E-state index contributed by atoms with van der Waals surface area (Å²) in [4.78, 5) is 12.0. The molecule has 0 saturated heterocycles. The lowest BCUT2D eigenvalue weighted by molar-refractivity contribution is -0.125. The van der Waals surface area contributed by atoms with Gasteiger partial charge in [-0.25, -0.2) is 13.6 Å². The summed E-state index contributed by atoms with van der Waals surface area (Å²) in [5.74, 6) is -0.0794. The summed E-state index contributed by atoms with van der Waals surface area (Å²) < 4.78 is 22.6. The number of benzene rings is 1. The van der Waals surface area contributed by atoms with Crippen LogP contribution in [0.4, 0.5) is 0 Å². The molecule has 0 fully saturated rings. The average Bonchev–Trinajstić information content (AvgIpc) is 2.38. The lowest BCUT2D eigenvalue weighted by atomic mass is 10.0. The van der Waals surface area contributed by atoms with Gasteiger partial charge in [-0.3, -0.25) is 4.79 Å². The molecule has 2 unspecified atom stereocenters. The molecule has 0 bridgehead atoms. The molecule has 0 radical (unpaired) electrons. The van der Waals surface area contributed by atoms with Gasteiger partial charge in [-0.2, -0.15) is 0 Å². The second kappa shape index (κ2) is 6.85. The molecule has 0 saturated carbocycles. The second-order valence-electron chi connectivity index (χ2n) is 5.04. The number of hydrogen-bond donors (Lipinski definition) is 2. The highest BCUT2D eigenvalue weighted by Gasteiger charge is 2.16. The third-order valence-electron chi connectivity index (χ3n) is 3.21. The minimum absolute atomic E-state index is 0.0274. The smallest absolute Gasteiger partial charge is 0.238 e. The van der Waals surface area contributed by atoms with E-state index in [1.165, 1.54) is 12.1 Å². The standard InChI is InChI=1S/C14H22N2O3S/c1-4-6-10(2)14(17)16-11(3)12-7-5-8-13(9-12)20(15,18)19/h5,7-11H,4,6H2,1-3H3,(H,16,17)(H2,15,18,19). The van der Waals surface area contributed by atoms with E-state index in [2.05, 4.69) is 5.32 Å². The normalized spacial score (nSPS) is 14.6. The van der Waals surface area contributed by atoms with Crippen LogP contribution >= 0.6 is 0 Å². The maximum absolute atomic E-state index is 11.9. The first-order valence-electron chi connectivity index (χ1n) is 6.68. The van der Waals surface area contributed by atoms with Gasteiger partial charge in [0.15, 0.2) is 0 Å². The fourth-order valence-electron chi connectivity index (χ4n) is 1.96. The van der Waals surface area contributed by atoms with E-state index in [0.717, 1.165) is 12.8 Å². The van der Waals surface area contributed by atoms with Gasteiger partial charge in [-0.05, 0) is 31.0 Å². The maximum Gasteiger partial charge on any atom is 0.238 e. The Morgan fingerprint density at radius 1 is 1.35 bits per heavy atom. The molecular weight excluding hydrogens is 276 g/mol. The number of carbonyl (C=O) groups is 1. The third kappa shape index (κ3) is 4.61. The maximum atomic E-state index is 11.9. The first-order valence-corrected chi connectivity index (χ1v) is 8.23. The van der Waals surface area contributed by atoms with Crippen LogP contribution in [0.5, 0.6) is 0 Å². The Kier molecular flexibility index (Phi) is 5.71. The summed E-state index contributed by atoms with van der Waals surface area (Å²) in [6.07, 6.45) is 1.78. The second-order valence-corrected chi connectivity index (χ2v) is 6.60. The van der Waals surface area contributed by atoms with Gasteiger partial charge in [0.1, 0.15) is 0 Å². The molecule has 112 valence electrons. The van der Waals surface area contributed by atoms with Crippen molar-refractivity contribution >= 4 is 15.9 Å². The van der Waals surface area contributed by atoms with Gasteiger partial charge in [0.2, 0.25) is 15.9 Å². The SMILES string of the molecule is CCCC(C)C(=O)NC(C)c1cccc(S(N)(=O)=O)c1. The van der Waals surface area contributed by atoms with Crippen LogP contribution in [-0.2, 0) is 14.8 Å². The van der Waals surface area contributed by atoms with E-state index in [0.29, 0.717) is 5.56 Å². The summed E-state index contributed by atoms with van der Waals surface area (Å²) in [7, 11) is -3.72. The van der Waals surface area contributed by atoms with Gasteiger partial charge in [0.05, 0.1) is 10.9 Å². The first kappa shape index (κ1) is 16.7. The Bertz CT molecular complexity index is 570. The summed E-state index contributed by atoms with van der Waals surface area (Å²) >= 11 is 0. The first-order chi connectivity index (χ1) is 9.25. The predicted molar refractivity (Wildman–Crippen MR) is 78.4 cm³/mol. The van der Waals surface area contributed by atoms with E-state index in [-0.39, 0.29) is 22.8 Å². The van der Waals surface area contributed by atoms with Crippen molar-refractivity contribution in [3.63, 3.8) is 0 Å². The zero-order valence-corrected chi connectivity index (χ0v) is 12.9. The van der Waals surface area contributed by atoms with Crippen molar-refractivity contribution in [2.45, 2.75) is 44.6 Å². The number of amides is 1. The predicted octanol–water partition coefficient (Wildman–Crippen LogP) is 1.95. The van der Waals surface area contributed by atoms with Crippen LogP contribution < -0.4 is 10.5 Å². The van der Waals surface area contributed by atoms with Crippen LogP contribution in [0.3, 0.4) is 0 Å². The molecule has 0 spiro atoms. The van der Waals surface area contributed by atoms with Crippen molar-refractivity contribution in [1.29, 1.82) is 0 Å². The van der Waals surface area contributed by atoms with Crippen molar-refractivity contribution in [2.75, 3.05) is 0 Å². The fraction of sp³-hybridized carbons (Fsp3) is 0.500. The van der Waals surface area contributed by atoms with Crippen molar-refractivity contribution in [1.82, 2.24) is 5.32 Å². The lowest BCUT2D eigenvalue weighted by Gasteiger charge is -2.18. The molecule has 1 rings (SSSR count). The van der Waals surface area contributed by atoms with Crippen molar-refractivity contribution in [3.8, 4) is 0 Å². The molecule has 3 N–H and O–H groups in total. The van der Waals surface area contributed by atoms with Crippen LogP contribution in [0.15, 0.2) is 29.2 Å². The van der Waals surface area contributed by atoms with Crippen LogP contribution in [0, 0.1) is 5.92 Å². The molecule has 6 heteroatoms. The highest BCUT2D eigenvalue weighted by atomic mass is 32.2. The Labute approximate surface area is 120 Å². The highest BCUT2D eigenvalue weighted by molar-refractivity contribution is 7.89. The molecule has 0 heterocycles. The summed E-state index contributed by atoms with van der Waals surface area (Å²) in [6.45, 7) is 5.73. The summed E-state index contributed by atoms with van der Waals surface area (Å²) in [6, 6.07) is 6.05. The van der Waals surface area contributed by atoms with Gasteiger partial charge < -0.3 is 5.32 Å². The highest BCUT2D eigenvalue weighted by Crippen LogP contribution is 2.17. The fourth-order valence-corrected chi connectivity index (χ4v) is 2.53. The zero-order valence-electron chi connectivity index (χ0n) is 12.1. The average molecular weight is 298 g/mol. The number of rotatable bonds is 6. The molecule has 20 heavy (non-hydrogen) atoms. The van der Waals surface area contributed by atoms with Gasteiger partial charge in [-0.15, -0.1) is 0 Å². The van der Waals surface area contributed by atoms with Gasteiger partial charge in [-0.1, -0.05) is 32.4 Å². The molecule has 5 nitrogen and oxygen atoms in total. The summed E-state index contributed by atoms with van der Waals surface area (Å²) in [5, 5.41) is 7.98. The van der Waals surface area contributed by atoms with E-state index in [1.54, 1.807) is 12.1 Å². The number of sulfonamides is 1. The molecule has 0 aliphatic rings. The number of hydrogen-bond acceptors (Lipinski definition) is 3. The van der Waals surface area contributed by atoms with E-state index in [4.69, 9.17) is 5.14 Å². The lowest BCUT2D eigenvalue weighted by Crippen LogP contribution is -2.31. The van der Waals surface area contributed by atoms with E-state index < -0.39 is 10.0 Å². The van der Waals surface area contributed by atoms with Crippen molar-refractivity contribution in [3.05, 3.63) is 29.8 Å². The number of primary sulfonamides is 1. The van der Waals surface area contributed by atoms with Crippen LogP contribution in [0.25, 0.3) is 0 Å². The molecule has 1 aromatic carbocycles. The number of carbonyl (C=O) groups excluding carboxylic acids is 1.